The van der Waals surface area contributed by atoms with Crippen LogP contribution in [0.15, 0.2) is 169 Å². The summed E-state index contributed by atoms with van der Waals surface area (Å²) in [6.07, 6.45) is 0. The van der Waals surface area contributed by atoms with Gasteiger partial charge in [-0.15, -0.1) is 4.91 Å². The minimum atomic E-state index is 0.434. The zero-order chi connectivity index (χ0) is 31.8. The van der Waals surface area contributed by atoms with Gasteiger partial charge in [0.25, 0.3) is 0 Å². The van der Waals surface area contributed by atoms with E-state index in [1.54, 1.807) is 12.1 Å². The fourth-order valence-electron chi connectivity index (χ4n) is 8.04. The molecule has 0 bridgehead atoms. The van der Waals surface area contributed by atoms with Gasteiger partial charge in [-0.2, -0.15) is 0 Å². The quantitative estimate of drug-likeness (QED) is 0.183. The van der Waals surface area contributed by atoms with Crippen molar-refractivity contribution in [1.29, 1.82) is 0 Å². The van der Waals surface area contributed by atoms with Crippen LogP contribution in [0.2, 0.25) is 0 Å². The van der Waals surface area contributed by atoms with Crippen LogP contribution in [0.1, 0.15) is 0 Å². The van der Waals surface area contributed by atoms with Crippen molar-refractivity contribution < 1.29 is 0 Å². The van der Waals surface area contributed by atoms with Crippen molar-refractivity contribution in [3.05, 3.63) is 169 Å². The van der Waals surface area contributed by atoms with Gasteiger partial charge >= 0.3 is 0 Å². The van der Waals surface area contributed by atoms with E-state index >= 15 is 0 Å². The monoisotopic (exact) mass is 609 g/mol. The summed E-state index contributed by atoms with van der Waals surface area (Å²) in [5.41, 5.74) is 12.7. The summed E-state index contributed by atoms with van der Waals surface area (Å²) < 4.78 is 0. The molecule has 0 aliphatic heterocycles. The molecule has 10 rings (SSSR count). The molecule has 2 heteroatoms. The molecular weight excluding hydrogens is 583 g/mol. The fraction of sp³-hybridized carbons (Fsp3) is 0. The Bertz CT molecular complexity index is 2660. The van der Waals surface area contributed by atoms with Gasteiger partial charge in [0.15, 0.2) is 0 Å². The molecule has 48 heavy (non-hydrogen) atoms. The molecule has 1 aliphatic rings. The normalized spacial score (nSPS) is 11.8. The first-order valence-corrected chi connectivity index (χ1v) is 16.3. The summed E-state index contributed by atoms with van der Waals surface area (Å²) in [7, 11) is 0. The minimum Gasteiger partial charge on any atom is -0.145 e. The van der Waals surface area contributed by atoms with Crippen LogP contribution in [0.5, 0.6) is 0 Å². The Kier molecular flexibility index (Phi) is 5.76. The van der Waals surface area contributed by atoms with E-state index < -0.39 is 0 Å². The first-order valence-electron chi connectivity index (χ1n) is 16.3. The van der Waals surface area contributed by atoms with Gasteiger partial charge in [0.05, 0.1) is 0 Å². The van der Waals surface area contributed by atoms with E-state index in [9.17, 15) is 4.91 Å². The predicted molar refractivity (Wildman–Crippen MR) is 203 cm³/mol. The Hall–Kier alpha value is -6.38. The molecule has 0 radical (unpaired) electrons. The van der Waals surface area contributed by atoms with E-state index in [4.69, 9.17) is 0 Å². The third kappa shape index (κ3) is 3.87. The number of hydrogen-bond acceptors (Lipinski definition) is 2. The highest BCUT2D eigenvalue weighted by atomic mass is 16.3. The molecule has 0 saturated heterocycles. The van der Waals surface area contributed by atoms with Crippen molar-refractivity contribution in [1.82, 2.24) is 0 Å². The van der Waals surface area contributed by atoms with E-state index in [0.717, 1.165) is 11.1 Å². The topological polar surface area (TPSA) is 29.4 Å². The zero-order valence-corrected chi connectivity index (χ0v) is 25.9. The molecule has 0 saturated carbocycles. The highest BCUT2D eigenvalue weighted by molar-refractivity contribution is 6.29. The first kappa shape index (κ1) is 26.8. The maximum Gasteiger partial charge on any atom is 0.108 e. The lowest BCUT2D eigenvalue weighted by atomic mass is 9.82. The average Bonchev–Trinajstić information content (AvgIpc) is 3.48. The SMILES string of the molecule is O=Nc1ccc(-c2ccc3c4c(cccc24)-c2c-3c(-c3ccc4ccccc4c3)c3ccccc3c2-c2ccc3ccccc3c2)cc1. The minimum absolute atomic E-state index is 0.434. The van der Waals surface area contributed by atoms with Crippen LogP contribution in [0, 0.1) is 4.91 Å². The Balaban J connectivity index is 1.36. The number of fused-ring (bicyclic) bond motifs is 6. The summed E-state index contributed by atoms with van der Waals surface area (Å²) in [6.45, 7) is 0. The van der Waals surface area contributed by atoms with Gasteiger partial charge in [0.2, 0.25) is 0 Å². The maximum atomic E-state index is 11.2. The number of benzene rings is 9. The molecular formula is C46H27NO. The number of hydrogen-bond donors (Lipinski definition) is 0. The lowest BCUT2D eigenvalue weighted by Gasteiger charge is -2.21. The molecule has 222 valence electrons. The van der Waals surface area contributed by atoms with Gasteiger partial charge < -0.3 is 0 Å². The van der Waals surface area contributed by atoms with Gasteiger partial charge in [-0.1, -0.05) is 140 Å². The van der Waals surface area contributed by atoms with E-state index in [2.05, 4.69) is 145 Å². The number of rotatable bonds is 4. The Morgan fingerprint density at radius 1 is 0.333 bits per heavy atom. The first-order chi connectivity index (χ1) is 23.8. The summed E-state index contributed by atoms with van der Waals surface area (Å²) in [6, 6.07) is 58.8. The van der Waals surface area contributed by atoms with Crippen molar-refractivity contribution in [3.63, 3.8) is 0 Å². The largest absolute Gasteiger partial charge is 0.145 e. The van der Waals surface area contributed by atoms with Crippen LogP contribution in [-0.2, 0) is 0 Å². The van der Waals surface area contributed by atoms with Crippen LogP contribution in [0.25, 0.3) is 98.7 Å². The molecule has 0 fully saturated rings. The molecule has 0 N–H and O–H groups in total. The van der Waals surface area contributed by atoms with Crippen LogP contribution in [-0.4, -0.2) is 0 Å². The predicted octanol–water partition coefficient (Wildman–Crippen LogP) is 13.3. The molecule has 2 nitrogen and oxygen atoms in total. The molecule has 0 spiro atoms. The number of nitrogens with zero attached hydrogens (tertiary/aromatic N) is 1. The van der Waals surface area contributed by atoms with E-state index in [-0.39, 0.29) is 0 Å². The summed E-state index contributed by atoms with van der Waals surface area (Å²) in [5, 5.41) is 13.0. The molecule has 9 aromatic rings. The zero-order valence-electron chi connectivity index (χ0n) is 25.9. The summed E-state index contributed by atoms with van der Waals surface area (Å²) in [5.74, 6) is 0. The second kappa shape index (κ2) is 10.3. The van der Waals surface area contributed by atoms with Crippen molar-refractivity contribution >= 4 is 48.8 Å². The standard InChI is InChI=1S/C46H27NO/c48-47-35-22-20-30(21-23-35)36-24-25-41-44-37(36)14-7-15-40(44)45-42(33-18-16-28-8-1-3-10-31(28)26-33)38-12-5-6-13-39(38)43(46(41)45)34-19-17-29-9-2-4-11-32(29)27-34/h1-27H. The van der Waals surface area contributed by atoms with Crippen molar-refractivity contribution in [2.75, 3.05) is 0 Å². The highest BCUT2D eigenvalue weighted by Gasteiger charge is 2.31. The second-order valence-corrected chi connectivity index (χ2v) is 12.7. The Labute approximate surface area is 277 Å². The van der Waals surface area contributed by atoms with Crippen molar-refractivity contribution in [2.24, 2.45) is 5.18 Å². The highest BCUT2D eigenvalue weighted by Crippen LogP contribution is 2.58. The van der Waals surface area contributed by atoms with Gasteiger partial charge in [-0.05, 0) is 128 Å². The maximum absolute atomic E-state index is 11.2. The van der Waals surface area contributed by atoms with Gasteiger partial charge in [-0.25, -0.2) is 0 Å². The Morgan fingerprint density at radius 2 is 0.812 bits per heavy atom. The second-order valence-electron chi connectivity index (χ2n) is 12.7. The van der Waals surface area contributed by atoms with Crippen molar-refractivity contribution in [3.8, 4) is 55.6 Å². The average molecular weight is 610 g/mol. The van der Waals surface area contributed by atoms with Crippen LogP contribution >= 0.6 is 0 Å². The Morgan fingerprint density at radius 3 is 1.40 bits per heavy atom. The lowest BCUT2D eigenvalue weighted by Crippen LogP contribution is -1.94. The van der Waals surface area contributed by atoms with Crippen LogP contribution in [0.4, 0.5) is 5.69 Å². The third-order valence-electron chi connectivity index (χ3n) is 10.2. The van der Waals surface area contributed by atoms with E-state index in [0.29, 0.717) is 5.69 Å². The molecule has 9 aromatic carbocycles. The van der Waals surface area contributed by atoms with Gasteiger partial charge in [0, 0.05) is 0 Å². The molecule has 0 amide bonds. The molecule has 0 atom stereocenters. The summed E-state index contributed by atoms with van der Waals surface area (Å²) in [4.78, 5) is 11.2. The van der Waals surface area contributed by atoms with Gasteiger partial charge in [0.1, 0.15) is 5.69 Å². The van der Waals surface area contributed by atoms with E-state index in [1.807, 2.05) is 12.1 Å². The lowest BCUT2D eigenvalue weighted by molar-refractivity contribution is 1.50. The molecule has 0 unspecified atom stereocenters. The summed E-state index contributed by atoms with van der Waals surface area (Å²) >= 11 is 0. The number of nitroso groups, excluding NO2 is 1. The molecule has 1 aliphatic carbocycles. The smallest absolute Gasteiger partial charge is 0.108 e. The van der Waals surface area contributed by atoms with Crippen LogP contribution in [0.3, 0.4) is 0 Å². The molecule has 0 aromatic heterocycles. The third-order valence-corrected chi connectivity index (χ3v) is 10.2. The van der Waals surface area contributed by atoms with Crippen molar-refractivity contribution in [2.45, 2.75) is 0 Å². The fourth-order valence-corrected chi connectivity index (χ4v) is 8.04. The molecule has 0 heterocycles. The van der Waals surface area contributed by atoms with Crippen LogP contribution < -0.4 is 0 Å². The van der Waals surface area contributed by atoms with Gasteiger partial charge in [-0.3, -0.25) is 0 Å². The van der Waals surface area contributed by atoms with E-state index in [1.165, 1.54) is 87.6 Å².